The van der Waals surface area contributed by atoms with Crippen LogP contribution in [0.25, 0.3) is 0 Å². The molecule has 2 aromatic carbocycles. The van der Waals surface area contributed by atoms with Crippen LogP contribution in [-0.2, 0) is 19.5 Å². The molecule has 26 heavy (non-hydrogen) atoms. The van der Waals surface area contributed by atoms with Crippen LogP contribution in [0.1, 0.15) is 52.4 Å². The van der Waals surface area contributed by atoms with Gasteiger partial charge in [0.25, 0.3) is 0 Å². The van der Waals surface area contributed by atoms with Crippen molar-refractivity contribution >= 4 is 0 Å². The van der Waals surface area contributed by atoms with Crippen LogP contribution in [0.5, 0.6) is 0 Å². The molecule has 0 saturated heterocycles. The van der Waals surface area contributed by atoms with Crippen molar-refractivity contribution in [3.05, 3.63) is 88.2 Å². The van der Waals surface area contributed by atoms with Crippen molar-refractivity contribution in [2.45, 2.75) is 52.2 Å². The lowest BCUT2D eigenvalue weighted by molar-refractivity contribution is 0.449. The lowest BCUT2D eigenvalue weighted by Gasteiger charge is -2.25. The number of nitrogens with zero attached hydrogens (tertiary/aromatic N) is 2. The zero-order valence-corrected chi connectivity index (χ0v) is 15.7. The predicted octanol–water partition coefficient (Wildman–Crippen LogP) is 4.72. The highest BCUT2D eigenvalue weighted by molar-refractivity contribution is 5.31. The van der Waals surface area contributed by atoms with E-state index in [0.717, 1.165) is 19.5 Å². The van der Waals surface area contributed by atoms with Gasteiger partial charge in [0.1, 0.15) is 0 Å². The van der Waals surface area contributed by atoms with Gasteiger partial charge in [-0.25, -0.2) is 0 Å². The van der Waals surface area contributed by atoms with Gasteiger partial charge in [-0.15, -0.1) is 0 Å². The predicted molar refractivity (Wildman–Crippen MR) is 106 cm³/mol. The SMILES string of the molecule is Cc1ccc(CN[C@H]2CCCc3c2cnn3Cc2ccccc2)c(C)c1. The first-order valence-electron chi connectivity index (χ1n) is 9.59. The number of fused-ring (bicyclic) bond motifs is 1. The molecule has 3 heteroatoms. The van der Waals surface area contributed by atoms with Crippen LogP contribution >= 0.6 is 0 Å². The molecule has 1 aromatic heterocycles. The third-order valence-electron chi connectivity index (χ3n) is 5.47. The quantitative estimate of drug-likeness (QED) is 0.725. The van der Waals surface area contributed by atoms with Crippen molar-refractivity contribution in [2.75, 3.05) is 0 Å². The summed E-state index contributed by atoms with van der Waals surface area (Å²) in [6.07, 6.45) is 5.62. The van der Waals surface area contributed by atoms with Gasteiger partial charge in [-0.3, -0.25) is 4.68 Å². The van der Waals surface area contributed by atoms with E-state index in [-0.39, 0.29) is 0 Å². The molecule has 0 aliphatic heterocycles. The Morgan fingerprint density at radius 3 is 2.77 bits per heavy atom. The minimum Gasteiger partial charge on any atom is -0.306 e. The van der Waals surface area contributed by atoms with Gasteiger partial charge in [-0.2, -0.15) is 5.10 Å². The molecule has 3 nitrogen and oxygen atoms in total. The molecule has 0 spiro atoms. The Morgan fingerprint density at radius 2 is 1.96 bits per heavy atom. The third-order valence-corrected chi connectivity index (χ3v) is 5.47. The number of hydrogen-bond donors (Lipinski definition) is 1. The van der Waals surface area contributed by atoms with E-state index >= 15 is 0 Å². The van der Waals surface area contributed by atoms with Crippen LogP contribution in [-0.4, -0.2) is 9.78 Å². The van der Waals surface area contributed by atoms with Crippen molar-refractivity contribution in [1.29, 1.82) is 0 Å². The fraction of sp³-hybridized carbons (Fsp3) is 0.348. The number of aryl methyl sites for hydroxylation is 2. The summed E-state index contributed by atoms with van der Waals surface area (Å²) in [7, 11) is 0. The Kier molecular flexibility index (Phi) is 4.89. The van der Waals surface area contributed by atoms with Gasteiger partial charge in [0, 0.05) is 23.8 Å². The monoisotopic (exact) mass is 345 g/mol. The fourth-order valence-electron chi connectivity index (χ4n) is 4.00. The maximum absolute atomic E-state index is 4.70. The second-order valence-corrected chi connectivity index (χ2v) is 7.45. The molecule has 0 radical (unpaired) electrons. The van der Waals surface area contributed by atoms with Gasteiger partial charge in [0.2, 0.25) is 0 Å². The third kappa shape index (κ3) is 3.58. The second-order valence-electron chi connectivity index (χ2n) is 7.45. The zero-order valence-electron chi connectivity index (χ0n) is 15.7. The van der Waals surface area contributed by atoms with E-state index in [0.29, 0.717) is 6.04 Å². The Morgan fingerprint density at radius 1 is 1.12 bits per heavy atom. The molecular formula is C23H27N3. The van der Waals surface area contributed by atoms with E-state index in [1.807, 2.05) is 0 Å². The molecule has 1 heterocycles. The largest absolute Gasteiger partial charge is 0.306 e. The first-order valence-corrected chi connectivity index (χ1v) is 9.59. The van der Waals surface area contributed by atoms with Gasteiger partial charge in [-0.05, 0) is 49.8 Å². The van der Waals surface area contributed by atoms with E-state index in [4.69, 9.17) is 5.10 Å². The fourth-order valence-corrected chi connectivity index (χ4v) is 4.00. The molecule has 1 atom stereocenters. The summed E-state index contributed by atoms with van der Waals surface area (Å²) in [4.78, 5) is 0. The molecule has 1 aliphatic rings. The van der Waals surface area contributed by atoms with E-state index < -0.39 is 0 Å². The minimum absolute atomic E-state index is 0.406. The van der Waals surface area contributed by atoms with Gasteiger partial charge in [-0.1, -0.05) is 54.1 Å². The normalized spacial score (nSPS) is 16.5. The second kappa shape index (κ2) is 7.46. The van der Waals surface area contributed by atoms with Crippen LogP contribution < -0.4 is 5.32 Å². The highest BCUT2D eigenvalue weighted by Gasteiger charge is 2.24. The summed E-state index contributed by atoms with van der Waals surface area (Å²) in [6, 6.07) is 17.7. The number of benzene rings is 2. The Labute approximate surface area is 156 Å². The Balaban J connectivity index is 1.49. The summed E-state index contributed by atoms with van der Waals surface area (Å²) < 4.78 is 2.19. The van der Waals surface area contributed by atoms with Crippen LogP contribution in [0, 0.1) is 13.8 Å². The molecule has 0 amide bonds. The molecule has 134 valence electrons. The molecule has 0 bridgehead atoms. The van der Waals surface area contributed by atoms with Crippen LogP contribution in [0.2, 0.25) is 0 Å². The summed E-state index contributed by atoms with van der Waals surface area (Å²) in [5, 5.41) is 8.48. The lowest BCUT2D eigenvalue weighted by atomic mass is 9.92. The van der Waals surface area contributed by atoms with Crippen molar-refractivity contribution in [3.8, 4) is 0 Å². The summed E-state index contributed by atoms with van der Waals surface area (Å²) in [5.41, 5.74) is 8.18. The zero-order chi connectivity index (χ0) is 17.9. The maximum Gasteiger partial charge on any atom is 0.0662 e. The average molecular weight is 345 g/mol. The van der Waals surface area contributed by atoms with Crippen molar-refractivity contribution < 1.29 is 0 Å². The van der Waals surface area contributed by atoms with Crippen LogP contribution in [0.15, 0.2) is 54.7 Å². The molecule has 1 N–H and O–H groups in total. The number of rotatable bonds is 5. The van der Waals surface area contributed by atoms with Crippen LogP contribution in [0.4, 0.5) is 0 Å². The summed E-state index contributed by atoms with van der Waals surface area (Å²) in [5.74, 6) is 0. The van der Waals surface area contributed by atoms with Crippen molar-refractivity contribution in [1.82, 2.24) is 15.1 Å². The molecule has 1 aliphatic carbocycles. The van der Waals surface area contributed by atoms with Gasteiger partial charge in [0.05, 0.1) is 12.7 Å². The van der Waals surface area contributed by atoms with Gasteiger partial charge >= 0.3 is 0 Å². The summed E-state index contributed by atoms with van der Waals surface area (Å²) in [6.45, 7) is 6.13. The highest BCUT2D eigenvalue weighted by atomic mass is 15.3. The smallest absolute Gasteiger partial charge is 0.0662 e. The van der Waals surface area contributed by atoms with Gasteiger partial charge in [0.15, 0.2) is 0 Å². The molecule has 4 rings (SSSR count). The topological polar surface area (TPSA) is 29.9 Å². The molecule has 0 saturated carbocycles. The maximum atomic E-state index is 4.70. The Bertz CT molecular complexity index is 880. The van der Waals surface area contributed by atoms with E-state index in [1.54, 1.807) is 0 Å². The van der Waals surface area contributed by atoms with E-state index in [1.165, 1.54) is 46.4 Å². The first kappa shape index (κ1) is 17.0. The van der Waals surface area contributed by atoms with Gasteiger partial charge < -0.3 is 5.32 Å². The minimum atomic E-state index is 0.406. The lowest BCUT2D eigenvalue weighted by Crippen LogP contribution is -2.25. The first-order chi connectivity index (χ1) is 12.7. The molecule has 0 unspecified atom stereocenters. The van der Waals surface area contributed by atoms with E-state index in [2.05, 4.69) is 78.6 Å². The summed E-state index contributed by atoms with van der Waals surface area (Å²) >= 11 is 0. The van der Waals surface area contributed by atoms with Crippen molar-refractivity contribution in [3.63, 3.8) is 0 Å². The van der Waals surface area contributed by atoms with Crippen molar-refractivity contribution in [2.24, 2.45) is 0 Å². The number of aromatic nitrogens is 2. The standard InChI is InChI=1S/C23H27N3/c1-17-11-12-20(18(2)13-17)14-24-22-9-6-10-23-21(22)15-25-26(23)16-19-7-4-3-5-8-19/h3-5,7-8,11-13,15,22,24H,6,9-10,14,16H2,1-2H3/t22-/m0/s1. The molecule has 0 fully saturated rings. The average Bonchev–Trinajstić information content (AvgIpc) is 3.05. The highest BCUT2D eigenvalue weighted by Crippen LogP contribution is 2.30. The van der Waals surface area contributed by atoms with E-state index in [9.17, 15) is 0 Å². The molecular weight excluding hydrogens is 318 g/mol. The van der Waals surface area contributed by atoms with Crippen LogP contribution in [0.3, 0.4) is 0 Å². The molecule has 3 aromatic rings. The number of hydrogen-bond acceptors (Lipinski definition) is 2. The number of nitrogens with one attached hydrogen (secondary N) is 1. The Hall–Kier alpha value is -2.39.